The zero-order valence-corrected chi connectivity index (χ0v) is 15.0. The number of hydrogen-bond acceptors (Lipinski definition) is 6. The molecular weight excluding hydrogens is 350 g/mol. The molecule has 0 spiro atoms. The number of rotatable bonds is 7. The standard InChI is InChI=1S/C18H19N5O4/c1-11-3-5-12(6-4-11)13-9-20-16(27-13)8-7-15(24)19-10-14-21-17(18(25)26)22-23(14)2/h3-6,9H,7-8,10H2,1-2H3,(H,19,24)(H,25,26). The van der Waals surface area contributed by atoms with Crippen molar-refractivity contribution in [2.45, 2.75) is 26.3 Å². The van der Waals surface area contributed by atoms with Crippen molar-refractivity contribution in [3.8, 4) is 11.3 Å². The van der Waals surface area contributed by atoms with E-state index in [-0.39, 0.29) is 24.7 Å². The first-order valence-electron chi connectivity index (χ1n) is 8.34. The molecule has 2 N–H and O–H groups in total. The monoisotopic (exact) mass is 369 g/mol. The van der Waals surface area contributed by atoms with E-state index >= 15 is 0 Å². The van der Waals surface area contributed by atoms with Gasteiger partial charge in [0.25, 0.3) is 5.82 Å². The molecule has 27 heavy (non-hydrogen) atoms. The second-order valence-corrected chi connectivity index (χ2v) is 6.04. The number of hydrogen-bond donors (Lipinski definition) is 2. The topological polar surface area (TPSA) is 123 Å². The van der Waals surface area contributed by atoms with Crippen LogP contribution in [-0.2, 0) is 24.8 Å². The number of aromatic nitrogens is 4. The number of aromatic carboxylic acids is 1. The third-order valence-electron chi connectivity index (χ3n) is 3.94. The van der Waals surface area contributed by atoms with Gasteiger partial charge in [-0.15, -0.1) is 5.10 Å². The predicted molar refractivity (Wildman–Crippen MR) is 94.8 cm³/mol. The van der Waals surface area contributed by atoms with E-state index in [9.17, 15) is 9.59 Å². The first-order chi connectivity index (χ1) is 12.9. The number of amides is 1. The SMILES string of the molecule is Cc1ccc(-c2cnc(CCC(=O)NCc3nc(C(=O)O)nn3C)o2)cc1. The zero-order chi connectivity index (χ0) is 19.4. The van der Waals surface area contributed by atoms with Crippen LogP contribution in [0.5, 0.6) is 0 Å². The van der Waals surface area contributed by atoms with E-state index < -0.39 is 5.97 Å². The molecule has 2 aromatic heterocycles. The summed E-state index contributed by atoms with van der Waals surface area (Å²) in [7, 11) is 1.57. The average molecular weight is 369 g/mol. The third-order valence-corrected chi connectivity index (χ3v) is 3.94. The van der Waals surface area contributed by atoms with Crippen LogP contribution < -0.4 is 5.32 Å². The van der Waals surface area contributed by atoms with Gasteiger partial charge >= 0.3 is 5.97 Å². The number of carboxylic acids is 1. The fourth-order valence-electron chi connectivity index (χ4n) is 2.42. The van der Waals surface area contributed by atoms with Crippen molar-refractivity contribution in [3.63, 3.8) is 0 Å². The summed E-state index contributed by atoms with van der Waals surface area (Å²) in [4.78, 5) is 30.9. The van der Waals surface area contributed by atoms with E-state index in [0.717, 1.165) is 11.1 Å². The minimum atomic E-state index is -1.21. The summed E-state index contributed by atoms with van der Waals surface area (Å²) in [6.07, 6.45) is 2.19. The van der Waals surface area contributed by atoms with Gasteiger partial charge in [-0.05, 0) is 6.92 Å². The largest absolute Gasteiger partial charge is 0.475 e. The van der Waals surface area contributed by atoms with Crippen molar-refractivity contribution in [2.24, 2.45) is 7.05 Å². The molecule has 0 saturated carbocycles. The lowest BCUT2D eigenvalue weighted by Crippen LogP contribution is -2.24. The first kappa shape index (κ1) is 18.3. The third kappa shape index (κ3) is 4.57. The summed E-state index contributed by atoms with van der Waals surface area (Å²) in [5.74, 6) is -0.233. The van der Waals surface area contributed by atoms with Gasteiger partial charge in [-0.25, -0.2) is 14.8 Å². The molecule has 0 saturated heterocycles. The Balaban J connectivity index is 1.51. The van der Waals surface area contributed by atoms with Crippen molar-refractivity contribution in [1.29, 1.82) is 0 Å². The molecule has 0 unspecified atom stereocenters. The van der Waals surface area contributed by atoms with E-state index in [4.69, 9.17) is 9.52 Å². The lowest BCUT2D eigenvalue weighted by Gasteiger charge is -2.03. The van der Waals surface area contributed by atoms with Gasteiger partial charge in [0, 0.05) is 25.5 Å². The molecule has 0 fully saturated rings. The molecule has 0 atom stereocenters. The highest BCUT2D eigenvalue weighted by atomic mass is 16.4. The predicted octanol–water partition coefficient (Wildman–Crippen LogP) is 1.73. The van der Waals surface area contributed by atoms with E-state index in [1.54, 1.807) is 13.2 Å². The Bertz CT molecular complexity index is 959. The van der Waals surface area contributed by atoms with Crippen molar-refractivity contribution >= 4 is 11.9 Å². The summed E-state index contributed by atoms with van der Waals surface area (Å²) >= 11 is 0. The number of carbonyl (C=O) groups excluding carboxylic acids is 1. The number of benzene rings is 1. The van der Waals surface area contributed by atoms with Crippen LogP contribution in [0.4, 0.5) is 0 Å². The van der Waals surface area contributed by atoms with Crippen LogP contribution >= 0.6 is 0 Å². The maximum atomic E-state index is 12.0. The summed E-state index contributed by atoms with van der Waals surface area (Å²) in [5, 5.41) is 15.3. The van der Waals surface area contributed by atoms with Crippen molar-refractivity contribution in [1.82, 2.24) is 25.1 Å². The molecule has 3 aromatic rings. The average Bonchev–Trinajstić information content (AvgIpc) is 3.26. The highest BCUT2D eigenvalue weighted by Crippen LogP contribution is 2.21. The summed E-state index contributed by atoms with van der Waals surface area (Å²) in [6.45, 7) is 2.10. The van der Waals surface area contributed by atoms with E-state index in [0.29, 0.717) is 23.9 Å². The molecule has 0 aliphatic rings. The fraction of sp³-hybridized carbons (Fsp3) is 0.278. The van der Waals surface area contributed by atoms with Crippen LogP contribution in [0.15, 0.2) is 34.9 Å². The van der Waals surface area contributed by atoms with Gasteiger partial charge in [-0.2, -0.15) is 0 Å². The fourth-order valence-corrected chi connectivity index (χ4v) is 2.42. The molecule has 9 heteroatoms. The highest BCUT2D eigenvalue weighted by Gasteiger charge is 2.14. The Morgan fingerprint density at radius 3 is 2.67 bits per heavy atom. The molecule has 1 amide bonds. The van der Waals surface area contributed by atoms with Crippen LogP contribution in [0.1, 0.15) is 34.3 Å². The van der Waals surface area contributed by atoms with Crippen molar-refractivity contribution in [3.05, 3.63) is 53.6 Å². The molecule has 2 heterocycles. The number of nitrogens with zero attached hydrogens (tertiary/aromatic N) is 4. The molecule has 1 aromatic carbocycles. The van der Waals surface area contributed by atoms with Crippen LogP contribution in [0.2, 0.25) is 0 Å². The summed E-state index contributed by atoms with van der Waals surface area (Å²) < 4.78 is 7.01. The number of carboxylic acid groups (broad SMARTS) is 1. The maximum Gasteiger partial charge on any atom is 0.375 e. The van der Waals surface area contributed by atoms with E-state index in [2.05, 4.69) is 20.4 Å². The molecule has 3 rings (SSSR count). The molecule has 0 radical (unpaired) electrons. The number of carbonyl (C=O) groups is 2. The van der Waals surface area contributed by atoms with Crippen LogP contribution in [0.25, 0.3) is 11.3 Å². The summed E-state index contributed by atoms with van der Waals surface area (Å²) in [6, 6.07) is 7.90. The van der Waals surface area contributed by atoms with Gasteiger partial charge in [0.1, 0.15) is 5.82 Å². The molecular formula is C18H19N5O4. The smallest absolute Gasteiger partial charge is 0.375 e. The minimum absolute atomic E-state index is 0.0931. The van der Waals surface area contributed by atoms with Crippen molar-refractivity contribution < 1.29 is 19.1 Å². The number of nitrogens with one attached hydrogen (secondary N) is 1. The molecule has 9 nitrogen and oxygen atoms in total. The van der Waals surface area contributed by atoms with Gasteiger partial charge in [0.15, 0.2) is 11.7 Å². The van der Waals surface area contributed by atoms with Crippen molar-refractivity contribution in [2.75, 3.05) is 0 Å². The van der Waals surface area contributed by atoms with Gasteiger partial charge in [-0.1, -0.05) is 29.8 Å². The zero-order valence-electron chi connectivity index (χ0n) is 15.0. The lowest BCUT2D eigenvalue weighted by molar-refractivity contribution is -0.121. The molecule has 0 aliphatic carbocycles. The van der Waals surface area contributed by atoms with E-state index in [1.165, 1.54) is 4.68 Å². The van der Waals surface area contributed by atoms with Gasteiger partial charge in [0.05, 0.1) is 12.7 Å². The van der Waals surface area contributed by atoms with Crippen LogP contribution in [0.3, 0.4) is 0 Å². The molecule has 0 bridgehead atoms. The van der Waals surface area contributed by atoms with Gasteiger partial charge < -0.3 is 14.8 Å². The Labute approximate surface area is 155 Å². The lowest BCUT2D eigenvalue weighted by atomic mass is 10.1. The van der Waals surface area contributed by atoms with E-state index in [1.807, 2.05) is 31.2 Å². The Morgan fingerprint density at radius 2 is 2.00 bits per heavy atom. The molecule has 140 valence electrons. The Hall–Kier alpha value is -3.49. The molecule has 0 aliphatic heterocycles. The number of aryl methyl sites for hydroxylation is 3. The minimum Gasteiger partial charge on any atom is -0.475 e. The quantitative estimate of drug-likeness (QED) is 0.650. The second-order valence-electron chi connectivity index (χ2n) is 6.04. The van der Waals surface area contributed by atoms with Crippen LogP contribution in [0, 0.1) is 6.92 Å². The maximum absolute atomic E-state index is 12.0. The van der Waals surface area contributed by atoms with Gasteiger partial charge in [-0.3, -0.25) is 9.48 Å². The Morgan fingerprint density at radius 1 is 1.26 bits per heavy atom. The normalized spacial score (nSPS) is 10.7. The second kappa shape index (κ2) is 7.81. The Kier molecular flexibility index (Phi) is 5.30. The first-order valence-corrected chi connectivity index (χ1v) is 8.34. The number of oxazole rings is 1. The highest BCUT2D eigenvalue weighted by molar-refractivity contribution is 5.83. The summed E-state index contributed by atoms with van der Waals surface area (Å²) in [5.41, 5.74) is 2.09. The van der Waals surface area contributed by atoms with Gasteiger partial charge in [0.2, 0.25) is 5.91 Å². The van der Waals surface area contributed by atoms with Crippen LogP contribution in [-0.4, -0.2) is 36.7 Å².